The molecule has 5 unspecified atom stereocenters. The summed E-state index contributed by atoms with van der Waals surface area (Å²) in [5, 5.41) is 10.6. The summed E-state index contributed by atoms with van der Waals surface area (Å²) in [6.45, 7) is 3.56. The van der Waals surface area contributed by atoms with Crippen LogP contribution in [-0.2, 0) is 0 Å². The summed E-state index contributed by atoms with van der Waals surface area (Å²) in [4.78, 5) is 2.76. The van der Waals surface area contributed by atoms with Crippen molar-refractivity contribution in [1.29, 1.82) is 0 Å². The molecular weight excluding hydrogens is 246 g/mol. The van der Waals surface area contributed by atoms with Gasteiger partial charge in [-0.25, -0.2) is 0 Å². The van der Waals surface area contributed by atoms with Crippen LogP contribution < -0.4 is 0 Å². The van der Waals surface area contributed by atoms with Crippen molar-refractivity contribution in [2.45, 2.75) is 95.7 Å². The van der Waals surface area contributed by atoms with Crippen molar-refractivity contribution in [2.24, 2.45) is 11.8 Å². The zero-order valence-corrected chi connectivity index (χ0v) is 13.3. The fourth-order valence-electron chi connectivity index (χ4n) is 5.32. The summed E-state index contributed by atoms with van der Waals surface area (Å²) < 4.78 is 0. The molecule has 0 aromatic heterocycles. The van der Waals surface area contributed by atoms with Crippen LogP contribution in [0.5, 0.6) is 0 Å². The highest BCUT2D eigenvalue weighted by molar-refractivity contribution is 4.95. The molecule has 1 N–H and O–H groups in total. The second kappa shape index (κ2) is 6.79. The van der Waals surface area contributed by atoms with Crippen LogP contribution in [0.3, 0.4) is 0 Å². The van der Waals surface area contributed by atoms with Crippen molar-refractivity contribution in [3.8, 4) is 0 Å². The van der Waals surface area contributed by atoms with E-state index < -0.39 is 0 Å². The van der Waals surface area contributed by atoms with Crippen LogP contribution in [0, 0.1) is 11.8 Å². The first-order valence-corrected chi connectivity index (χ1v) is 9.23. The lowest BCUT2D eigenvalue weighted by atomic mass is 9.74. The Balaban J connectivity index is 1.68. The first kappa shape index (κ1) is 14.8. The van der Waals surface area contributed by atoms with Gasteiger partial charge in [-0.05, 0) is 63.3 Å². The molecule has 2 aliphatic carbocycles. The number of fused-ring (bicyclic) bond motifs is 1. The van der Waals surface area contributed by atoms with Crippen LogP contribution in [0.1, 0.15) is 77.6 Å². The maximum absolute atomic E-state index is 10.6. The van der Waals surface area contributed by atoms with Crippen molar-refractivity contribution < 1.29 is 5.11 Å². The molecule has 1 saturated heterocycles. The summed E-state index contributed by atoms with van der Waals surface area (Å²) in [7, 11) is 0. The summed E-state index contributed by atoms with van der Waals surface area (Å²) in [6.07, 6.45) is 14.7. The smallest absolute Gasteiger partial charge is 0.0695 e. The second-order valence-electron chi connectivity index (χ2n) is 7.59. The average molecular weight is 279 g/mol. The minimum atomic E-state index is -0.0521. The number of rotatable bonds is 3. The van der Waals surface area contributed by atoms with Gasteiger partial charge in [-0.1, -0.05) is 32.6 Å². The Kier molecular flexibility index (Phi) is 5.04. The molecule has 0 radical (unpaired) electrons. The molecule has 2 nitrogen and oxygen atoms in total. The van der Waals surface area contributed by atoms with Gasteiger partial charge in [-0.15, -0.1) is 0 Å². The SMILES string of the molecule is CCCC1CCC(O)C(N2CCCC3CCCCC32)C1. The molecule has 3 rings (SSSR count). The molecular formula is C18H33NO. The predicted molar refractivity (Wildman–Crippen MR) is 83.7 cm³/mol. The molecule has 1 aliphatic heterocycles. The van der Waals surface area contributed by atoms with E-state index in [1.807, 2.05) is 0 Å². The van der Waals surface area contributed by atoms with Gasteiger partial charge in [0.05, 0.1) is 6.10 Å². The topological polar surface area (TPSA) is 23.5 Å². The first-order valence-electron chi connectivity index (χ1n) is 9.23. The molecule has 0 aromatic carbocycles. The van der Waals surface area contributed by atoms with E-state index in [1.54, 1.807) is 0 Å². The molecule has 0 spiro atoms. The number of aliphatic hydroxyl groups is 1. The van der Waals surface area contributed by atoms with E-state index in [9.17, 15) is 5.11 Å². The second-order valence-corrected chi connectivity index (χ2v) is 7.59. The van der Waals surface area contributed by atoms with Crippen LogP contribution in [0.2, 0.25) is 0 Å². The summed E-state index contributed by atoms with van der Waals surface area (Å²) in [6, 6.07) is 1.28. The summed E-state index contributed by atoms with van der Waals surface area (Å²) >= 11 is 0. The number of likely N-dealkylation sites (tertiary alicyclic amines) is 1. The molecule has 2 saturated carbocycles. The van der Waals surface area contributed by atoms with Gasteiger partial charge in [0.25, 0.3) is 0 Å². The van der Waals surface area contributed by atoms with Crippen LogP contribution in [0.4, 0.5) is 0 Å². The van der Waals surface area contributed by atoms with Gasteiger partial charge in [-0.2, -0.15) is 0 Å². The van der Waals surface area contributed by atoms with E-state index in [2.05, 4.69) is 11.8 Å². The van der Waals surface area contributed by atoms with Crippen LogP contribution in [0.25, 0.3) is 0 Å². The van der Waals surface area contributed by atoms with Gasteiger partial charge in [0, 0.05) is 12.1 Å². The zero-order chi connectivity index (χ0) is 13.9. The number of piperidine rings is 1. The minimum absolute atomic E-state index is 0.0521. The van der Waals surface area contributed by atoms with E-state index in [0.29, 0.717) is 6.04 Å². The van der Waals surface area contributed by atoms with E-state index in [1.165, 1.54) is 70.8 Å². The summed E-state index contributed by atoms with van der Waals surface area (Å²) in [5.74, 6) is 1.81. The van der Waals surface area contributed by atoms with Crippen molar-refractivity contribution in [3.63, 3.8) is 0 Å². The van der Waals surface area contributed by atoms with Crippen molar-refractivity contribution in [3.05, 3.63) is 0 Å². The third-order valence-electron chi connectivity index (χ3n) is 6.30. The standard InChI is InChI=1S/C18H33NO/c1-2-6-14-10-11-18(20)17(13-14)19-12-5-8-15-7-3-4-9-16(15)19/h14-18,20H,2-13H2,1H3. The van der Waals surface area contributed by atoms with Gasteiger partial charge in [0.1, 0.15) is 0 Å². The molecule has 20 heavy (non-hydrogen) atoms. The lowest BCUT2D eigenvalue weighted by Gasteiger charge is -2.50. The first-order chi connectivity index (χ1) is 9.79. The normalized spacial score (nSPS) is 43.2. The van der Waals surface area contributed by atoms with Crippen molar-refractivity contribution >= 4 is 0 Å². The number of hydrogen-bond acceptors (Lipinski definition) is 2. The lowest BCUT2D eigenvalue weighted by molar-refractivity contribution is -0.0544. The Bertz CT molecular complexity index is 304. The summed E-state index contributed by atoms with van der Waals surface area (Å²) in [5.41, 5.74) is 0. The molecule has 1 heterocycles. The fourth-order valence-corrected chi connectivity index (χ4v) is 5.32. The highest BCUT2D eigenvalue weighted by Gasteiger charge is 2.41. The highest BCUT2D eigenvalue weighted by Crippen LogP contribution is 2.40. The molecule has 116 valence electrons. The van der Waals surface area contributed by atoms with E-state index in [0.717, 1.165) is 24.3 Å². The van der Waals surface area contributed by atoms with E-state index in [4.69, 9.17) is 0 Å². The van der Waals surface area contributed by atoms with Crippen LogP contribution in [0.15, 0.2) is 0 Å². The Labute approximate surface area is 124 Å². The molecule has 0 amide bonds. The molecule has 3 aliphatic rings. The van der Waals surface area contributed by atoms with Gasteiger partial charge in [0.15, 0.2) is 0 Å². The molecule has 5 atom stereocenters. The van der Waals surface area contributed by atoms with Gasteiger partial charge >= 0.3 is 0 Å². The van der Waals surface area contributed by atoms with Crippen LogP contribution >= 0.6 is 0 Å². The van der Waals surface area contributed by atoms with Crippen LogP contribution in [-0.4, -0.2) is 34.7 Å². The monoisotopic (exact) mass is 279 g/mol. The van der Waals surface area contributed by atoms with E-state index >= 15 is 0 Å². The predicted octanol–water partition coefficient (Wildman–Crippen LogP) is 3.97. The number of hydrogen-bond donors (Lipinski definition) is 1. The number of aliphatic hydroxyl groups excluding tert-OH is 1. The fraction of sp³-hybridized carbons (Fsp3) is 1.00. The van der Waals surface area contributed by atoms with Gasteiger partial charge in [0.2, 0.25) is 0 Å². The number of nitrogens with zero attached hydrogens (tertiary/aromatic N) is 1. The van der Waals surface area contributed by atoms with Gasteiger partial charge in [-0.3, -0.25) is 4.90 Å². The quantitative estimate of drug-likeness (QED) is 0.845. The lowest BCUT2D eigenvalue weighted by Crippen LogP contribution is -2.56. The highest BCUT2D eigenvalue weighted by atomic mass is 16.3. The Hall–Kier alpha value is -0.0800. The largest absolute Gasteiger partial charge is 0.391 e. The van der Waals surface area contributed by atoms with Crippen molar-refractivity contribution in [1.82, 2.24) is 4.90 Å². The average Bonchev–Trinajstić information content (AvgIpc) is 2.49. The zero-order valence-electron chi connectivity index (χ0n) is 13.3. The molecule has 2 heteroatoms. The Morgan fingerprint density at radius 1 is 0.950 bits per heavy atom. The minimum Gasteiger partial charge on any atom is -0.391 e. The molecule has 3 fully saturated rings. The third-order valence-corrected chi connectivity index (χ3v) is 6.30. The van der Waals surface area contributed by atoms with E-state index in [-0.39, 0.29) is 6.10 Å². The maximum atomic E-state index is 10.6. The Morgan fingerprint density at radius 2 is 1.75 bits per heavy atom. The molecule has 0 bridgehead atoms. The van der Waals surface area contributed by atoms with Crippen molar-refractivity contribution in [2.75, 3.05) is 6.54 Å². The third kappa shape index (κ3) is 3.06. The Morgan fingerprint density at radius 3 is 2.60 bits per heavy atom. The maximum Gasteiger partial charge on any atom is 0.0695 e. The molecule has 0 aromatic rings. The van der Waals surface area contributed by atoms with Gasteiger partial charge < -0.3 is 5.11 Å².